The summed E-state index contributed by atoms with van der Waals surface area (Å²) < 4.78 is 0. The summed E-state index contributed by atoms with van der Waals surface area (Å²) in [6.45, 7) is 5.37. The smallest absolute Gasteiger partial charge is 0.251 e. The van der Waals surface area contributed by atoms with E-state index in [4.69, 9.17) is 0 Å². The summed E-state index contributed by atoms with van der Waals surface area (Å²) in [5.41, 5.74) is -0.0819. The SMILES string of the molecule is CCNC(CC)CCCSc1nccc(=O)[nH]1. The van der Waals surface area contributed by atoms with Crippen LogP contribution in [0.4, 0.5) is 0 Å². The summed E-state index contributed by atoms with van der Waals surface area (Å²) in [4.78, 5) is 17.9. The second-order valence-electron chi connectivity index (χ2n) is 3.89. The molecular formula is C12H21N3OS. The highest BCUT2D eigenvalue weighted by atomic mass is 32.2. The summed E-state index contributed by atoms with van der Waals surface area (Å²) >= 11 is 1.61. The molecular weight excluding hydrogens is 234 g/mol. The molecule has 1 aromatic rings. The Morgan fingerprint density at radius 3 is 3.00 bits per heavy atom. The Bertz CT molecular complexity index is 367. The van der Waals surface area contributed by atoms with E-state index >= 15 is 0 Å². The van der Waals surface area contributed by atoms with Crippen molar-refractivity contribution in [3.8, 4) is 0 Å². The van der Waals surface area contributed by atoms with Gasteiger partial charge in [-0.15, -0.1) is 0 Å². The van der Waals surface area contributed by atoms with Crippen LogP contribution < -0.4 is 10.9 Å². The Balaban J connectivity index is 2.21. The van der Waals surface area contributed by atoms with E-state index in [9.17, 15) is 4.79 Å². The summed E-state index contributed by atoms with van der Waals surface area (Å²) in [7, 11) is 0. The van der Waals surface area contributed by atoms with Crippen molar-refractivity contribution in [2.45, 2.75) is 44.3 Å². The van der Waals surface area contributed by atoms with Gasteiger partial charge in [-0.2, -0.15) is 0 Å². The van der Waals surface area contributed by atoms with Gasteiger partial charge in [0, 0.05) is 24.1 Å². The van der Waals surface area contributed by atoms with Gasteiger partial charge in [-0.1, -0.05) is 25.6 Å². The van der Waals surface area contributed by atoms with Gasteiger partial charge < -0.3 is 10.3 Å². The van der Waals surface area contributed by atoms with Gasteiger partial charge in [-0.05, 0) is 25.8 Å². The zero-order chi connectivity index (χ0) is 12.5. The monoisotopic (exact) mass is 255 g/mol. The molecule has 0 saturated heterocycles. The average Bonchev–Trinajstić information content (AvgIpc) is 2.33. The van der Waals surface area contributed by atoms with Crippen LogP contribution in [0.25, 0.3) is 0 Å². The maximum atomic E-state index is 11.0. The second kappa shape index (κ2) is 8.31. The third-order valence-corrected chi connectivity index (χ3v) is 3.54. The Labute approximate surface area is 107 Å². The molecule has 0 aliphatic rings. The number of aromatic amines is 1. The van der Waals surface area contributed by atoms with Crippen LogP contribution in [0.1, 0.15) is 33.1 Å². The largest absolute Gasteiger partial charge is 0.314 e. The topological polar surface area (TPSA) is 57.8 Å². The number of thioether (sulfide) groups is 1. The summed E-state index contributed by atoms with van der Waals surface area (Å²) in [6.07, 6.45) is 5.02. The molecule has 0 bridgehead atoms. The van der Waals surface area contributed by atoms with Crippen molar-refractivity contribution < 1.29 is 0 Å². The van der Waals surface area contributed by atoms with Crippen LogP contribution in [-0.2, 0) is 0 Å². The van der Waals surface area contributed by atoms with E-state index in [1.54, 1.807) is 18.0 Å². The highest BCUT2D eigenvalue weighted by molar-refractivity contribution is 7.99. The third-order valence-electron chi connectivity index (χ3n) is 2.57. The Morgan fingerprint density at radius 2 is 2.35 bits per heavy atom. The van der Waals surface area contributed by atoms with Crippen molar-refractivity contribution in [3.63, 3.8) is 0 Å². The molecule has 1 rings (SSSR count). The normalized spacial score (nSPS) is 12.6. The third kappa shape index (κ3) is 5.89. The molecule has 0 fully saturated rings. The number of hydrogen-bond acceptors (Lipinski definition) is 4. The molecule has 0 amide bonds. The van der Waals surface area contributed by atoms with Crippen molar-refractivity contribution >= 4 is 11.8 Å². The van der Waals surface area contributed by atoms with Gasteiger partial charge in [0.15, 0.2) is 5.16 Å². The Hall–Kier alpha value is -0.810. The number of rotatable bonds is 8. The van der Waals surface area contributed by atoms with Crippen LogP contribution in [0, 0.1) is 0 Å². The zero-order valence-electron chi connectivity index (χ0n) is 10.5. The minimum Gasteiger partial charge on any atom is -0.314 e. The molecule has 0 radical (unpaired) electrons. The molecule has 0 saturated carbocycles. The van der Waals surface area contributed by atoms with Crippen molar-refractivity contribution in [1.82, 2.24) is 15.3 Å². The molecule has 1 heterocycles. The zero-order valence-corrected chi connectivity index (χ0v) is 11.3. The van der Waals surface area contributed by atoms with Crippen molar-refractivity contribution in [1.29, 1.82) is 0 Å². The molecule has 4 nitrogen and oxygen atoms in total. The lowest BCUT2D eigenvalue weighted by Crippen LogP contribution is -2.28. The molecule has 0 aliphatic heterocycles. The molecule has 1 unspecified atom stereocenters. The Kier molecular flexibility index (Phi) is 6.96. The molecule has 0 spiro atoms. The first-order valence-electron chi connectivity index (χ1n) is 6.17. The van der Waals surface area contributed by atoms with E-state index in [0.29, 0.717) is 11.2 Å². The lowest BCUT2D eigenvalue weighted by Gasteiger charge is -2.14. The molecule has 2 N–H and O–H groups in total. The predicted octanol–water partition coefficient (Wildman–Crippen LogP) is 2.03. The highest BCUT2D eigenvalue weighted by Crippen LogP contribution is 2.13. The predicted molar refractivity (Wildman–Crippen MR) is 72.6 cm³/mol. The maximum absolute atomic E-state index is 11.0. The number of nitrogens with zero attached hydrogens (tertiary/aromatic N) is 1. The van der Waals surface area contributed by atoms with Crippen molar-refractivity contribution in [2.24, 2.45) is 0 Å². The fourth-order valence-corrected chi connectivity index (χ4v) is 2.48. The molecule has 1 aromatic heterocycles. The number of aromatic nitrogens is 2. The van der Waals surface area contributed by atoms with Crippen LogP contribution in [0.15, 0.2) is 22.2 Å². The van der Waals surface area contributed by atoms with Crippen LogP contribution >= 0.6 is 11.8 Å². The van der Waals surface area contributed by atoms with Crippen LogP contribution in [0.3, 0.4) is 0 Å². The van der Waals surface area contributed by atoms with Gasteiger partial charge in [-0.3, -0.25) is 4.79 Å². The van der Waals surface area contributed by atoms with Crippen LogP contribution in [0.2, 0.25) is 0 Å². The van der Waals surface area contributed by atoms with E-state index in [1.807, 2.05) is 0 Å². The van der Waals surface area contributed by atoms with Gasteiger partial charge in [0.05, 0.1) is 0 Å². The van der Waals surface area contributed by atoms with Crippen molar-refractivity contribution in [2.75, 3.05) is 12.3 Å². The quantitative estimate of drug-likeness (QED) is 0.424. The minimum atomic E-state index is -0.0819. The minimum absolute atomic E-state index is 0.0819. The molecule has 0 aliphatic carbocycles. The summed E-state index contributed by atoms with van der Waals surface area (Å²) in [5, 5.41) is 4.17. The van der Waals surface area contributed by atoms with Gasteiger partial charge in [-0.25, -0.2) is 4.98 Å². The second-order valence-corrected chi connectivity index (χ2v) is 4.98. The molecule has 17 heavy (non-hydrogen) atoms. The number of H-pyrrole nitrogens is 1. The molecule has 0 aromatic carbocycles. The van der Waals surface area contributed by atoms with Crippen LogP contribution in [0.5, 0.6) is 0 Å². The maximum Gasteiger partial charge on any atom is 0.251 e. The molecule has 96 valence electrons. The van der Waals surface area contributed by atoms with Gasteiger partial charge in [0.2, 0.25) is 0 Å². The Morgan fingerprint density at radius 1 is 1.53 bits per heavy atom. The average molecular weight is 255 g/mol. The standard InChI is InChI=1S/C12H21N3OS/c1-3-10(13-4-2)6-5-9-17-12-14-8-7-11(16)15-12/h7-8,10,13H,3-6,9H2,1-2H3,(H,14,15,16). The first-order chi connectivity index (χ1) is 8.26. The van der Waals surface area contributed by atoms with E-state index in [2.05, 4.69) is 29.1 Å². The van der Waals surface area contributed by atoms with Gasteiger partial charge >= 0.3 is 0 Å². The first kappa shape index (κ1) is 14.3. The van der Waals surface area contributed by atoms with Gasteiger partial charge in [0.25, 0.3) is 5.56 Å². The molecule has 1 atom stereocenters. The highest BCUT2D eigenvalue weighted by Gasteiger charge is 2.04. The summed E-state index contributed by atoms with van der Waals surface area (Å²) in [5.74, 6) is 0.995. The van der Waals surface area contributed by atoms with E-state index < -0.39 is 0 Å². The van der Waals surface area contributed by atoms with Crippen molar-refractivity contribution in [3.05, 3.63) is 22.6 Å². The van der Waals surface area contributed by atoms with E-state index in [-0.39, 0.29) is 5.56 Å². The summed E-state index contributed by atoms with van der Waals surface area (Å²) in [6, 6.07) is 2.05. The lowest BCUT2D eigenvalue weighted by molar-refractivity contribution is 0.477. The van der Waals surface area contributed by atoms with Crippen LogP contribution in [-0.4, -0.2) is 28.3 Å². The lowest BCUT2D eigenvalue weighted by atomic mass is 10.1. The molecule has 5 heteroatoms. The van der Waals surface area contributed by atoms with Gasteiger partial charge in [0.1, 0.15) is 0 Å². The fourth-order valence-electron chi connectivity index (χ4n) is 1.66. The number of hydrogen-bond donors (Lipinski definition) is 2. The fraction of sp³-hybridized carbons (Fsp3) is 0.667. The number of nitrogens with one attached hydrogen (secondary N) is 2. The van der Waals surface area contributed by atoms with E-state index in [1.165, 1.54) is 18.9 Å². The first-order valence-corrected chi connectivity index (χ1v) is 7.16. The van der Waals surface area contributed by atoms with E-state index in [0.717, 1.165) is 18.7 Å².